The van der Waals surface area contributed by atoms with Crippen LogP contribution in [-0.2, 0) is 4.74 Å². The van der Waals surface area contributed by atoms with Crippen molar-refractivity contribution in [2.24, 2.45) is 0 Å². The molecular weight excluding hydrogens is 333 g/mol. The monoisotopic (exact) mass is 343 g/mol. The van der Waals surface area contributed by atoms with E-state index in [0.29, 0.717) is 15.6 Å². The smallest absolute Gasteiger partial charge is 0.350 e. The van der Waals surface area contributed by atoms with Crippen molar-refractivity contribution in [1.29, 1.82) is 0 Å². The summed E-state index contributed by atoms with van der Waals surface area (Å²) in [6.07, 6.45) is 0. The Bertz CT molecular complexity index is 712. The SMILES string of the molecule is COC(=O)c1scc(C)c1NC(=O)c1cccc(Cl)c1Cl. The van der Waals surface area contributed by atoms with Gasteiger partial charge in [0.15, 0.2) is 0 Å². The molecule has 0 spiro atoms. The van der Waals surface area contributed by atoms with Gasteiger partial charge in [-0.25, -0.2) is 4.79 Å². The topological polar surface area (TPSA) is 55.4 Å². The molecule has 0 atom stereocenters. The summed E-state index contributed by atoms with van der Waals surface area (Å²) < 4.78 is 4.69. The summed E-state index contributed by atoms with van der Waals surface area (Å²) in [5.74, 6) is -0.935. The van der Waals surface area contributed by atoms with Gasteiger partial charge in [0, 0.05) is 0 Å². The highest BCUT2D eigenvalue weighted by Gasteiger charge is 2.20. The maximum Gasteiger partial charge on any atom is 0.350 e. The number of esters is 1. The highest BCUT2D eigenvalue weighted by Crippen LogP contribution is 2.30. The van der Waals surface area contributed by atoms with Gasteiger partial charge in [0.05, 0.1) is 28.4 Å². The lowest BCUT2D eigenvalue weighted by Crippen LogP contribution is -2.15. The number of hydrogen-bond acceptors (Lipinski definition) is 4. The summed E-state index contributed by atoms with van der Waals surface area (Å²) in [7, 11) is 1.29. The van der Waals surface area contributed by atoms with Crippen LogP contribution in [0.1, 0.15) is 25.6 Å². The summed E-state index contributed by atoms with van der Waals surface area (Å²) >= 11 is 13.1. The molecule has 1 N–H and O–H groups in total. The highest BCUT2D eigenvalue weighted by atomic mass is 35.5. The second kappa shape index (κ2) is 6.47. The minimum absolute atomic E-state index is 0.171. The van der Waals surface area contributed by atoms with E-state index in [2.05, 4.69) is 5.32 Å². The van der Waals surface area contributed by atoms with E-state index >= 15 is 0 Å². The van der Waals surface area contributed by atoms with E-state index in [4.69, 9.17) is 27.9 Å². The maximum absolute atomic E-state index is 12.3. The van der Waals surface area contributed by atoms with E-state index in [1.165, 1.54) is 18.4 Å². The standard InChI is InChI=1S/C14H11Cl2NO3S/c1-7-6-21-12(14(19)20-2)11(7)17-13(18)8-4-3-5-9(15)10(8)16/h3-6H,1-2H3,(H,17,18). The molecule has 1 aromatic carbocycles. The first kappa shape index (κ1) is 15.8. The zero-order valence-electron chi connectivity index (χ0n) is 11.2. The molecule has 0 saturated heterocycles. The molecule has 0 unspecified atom stereocenters. The number of carbonyl (C=O) groups is 2. The Morgan fingerprint density at radius 3 is 2.67 bits per heavy atom. The summed E-state index contributed by atoms with van der Waals surface area (Å²) in [5, 5.41) is 4.91. The van der Waals surface area contributed by atoms with Crippen LogP contribution in [0.15, 0.2) is 23.6 Å². The lowest BCUT2D eigenvalue weighted by molar-refractivity contribution is 0.0607. The first-order valence-electron chi connectivity index (χ1n) is 5.87. The predicted molar refractivity (Wildman–Crippen MR) is 84.8 cm³/mol. The number of aryl methyl sites for hydroxylation is 1. The van der Waals surface area contributed by atoms with Crippen molar-refractivity contribution in [2.45, 2.75) is 6.92 Å². The van der Waals surface area contributed by atoms with Gasteiger partial charge < -0.3 is 10.1 Å². The summed E-state index contributed by atoms with van der Waals surface area (Å²) in [6, 6.07) is 4.78. The average Bonchev–Trinajstić information content (AvgIpc) is 2.82. The third-order valence-electron chi connectivity index (χ3n) is 2.78. The van der Waals surface area contributed by atoms with Gasteiger partial charge in [0.25, 0.3) is 5.91 Å². The van der Waals surface area contributed by atoms with Gasteiger partial charge in [0.1, 0.15) is 4.88 Å². The molecule has 0 fully saturated rings. The second-order valence-corrected chi connectivity index (χ2v) is 5.83. The van der Waals surface area contributed by atoms with Crippen molar-refractivity contribution >= 4 is 52.1 Å². The van der Waals surface area contributed by atoms with Crippen LogP contribution in [0.4, 0.5) is 5.69 Å². The number of benzene rings is 1. The summed E-state index contributed by atoms with van der Waals surface area (Å²) in [4.78, 5) is 24.3. The molecule has 7 heteroatoms. The Labute approximate surface area is 135 Å². The minimum Gasteiger partial charge on any atom is -0.465 e. The predicted octanol–water partition coefficient (Wildman–Crippen LogP) is 4.40. The number of anilines is 1. The molecule has 21 heavy (non-hydrogen) atoms. The zero-order chi connectivity index (χ0) is 15.6. The number of halogens is 2. The number of hydrogen-bond donors (Lipinski definition) is 1. The Hall–Kier alpha value is -1.56. The van der Waals surface area contributed by atoms with Crippen molar-refractivity contribution in [2.75, 3.05) is 12.4 Å². The molecule has 0 aliphatic rings. The average molecular weight is 344 g/mol. The van der Waals surface area contributed by atoms with Gasteiger partial charge in [-0.1, -0.05) is 29.3 Å². The fraction of sp³-hybridized carbons (Fsp3) is 0.143. The first-order valence-corrected chi connectivity index (χ1v) is 7.51. The van der Waals surface area contributed by atoms with Crippen molar-refractivity contribution in [3.8, 4) is 0 Å². The van der Waals surface area contributed by atoms with Crippen LogP contribution in [0.2, 0.25) is 10.0 Å². The van der Waals surface area contributed by atoms with Crippen molar-refractivity contribution < 1.29 is 14.3 Å². The summed E-state index contributed by atoms with van der Waals surface area (Å²) in [5.41, 5.74) is 1.44. The van der Waals surface area contributed by atoms with E-state index in [1.807, 2.05) is 0 Å². The minimum atomic E-state index is -0.499. The van der Waals surface area contributed by atoms with Gasteiger partial charge in [-0.3, -0.25) is 4.79 Å². The third kappa shape index (κ3) is 3.20. The van der Waals surface area contributed by atoms with Crippen LogP contribution in [0.3, 0.4) is 0 Å². The number of nitrogens with one attached hydrogen (secondary N) is 1. The van der Waals surface area contributed by atoms with Gasteiger partial charge in [-0.2, -0.15) is 0 Å². The molecule has 0 aliphatic heterocycles. The molecule has 1 aromatic heterocycles. The van der Waals surface area contributed by atoms with Crippen LogP contribution in [0.25, 0.3) is 0 Å². The number of rotatable bonds is 3. The van der Waals surface area contributed by atoms with E-state index in [-0.39, 0.29) is 10.6 Å². The van der Waals surface area contributed by atoms with E-state index in [1.54, 1.807) is 30.5 Å². The summed E-state index contributed by atoms with van der Waals surface area (Å²) in [6.45, 7) is 1.79. The maximum atomic E-state index is 12.3. The number of amides is 1. The molecule has 2 aromatic rings. The Morgan fingerprint density at radius 1 is 1.29 bits per heavy atom. The molecule has 0 saturated carbocycles. The van der Waals surface area contributed by atoms with Gasteiger partial charge in [-0.15, -0.1) is 11.3 Å². The molecule has 1 heterocycles. The highest BCUT2D eigenvalue weighted by molar-refractivity contribution is 7.12. The molecule has 0 radical (unpaired) electrons. The second-order valence-electron chi connectivity index (χ2n) is 4.17. The van der Waals surface area contributed by atoms with E-state index in [9.17, 15) is 9.59 Å². The van der Waals surface area contributed by atoms with Crippen LogP contribution in [-0.4, -0.2) is 19.0 Å². The molecule has 4 nitrogen and oxygen atoms in total. The molecule has 0 aliphatic carbocycles. The fourth-order valence-electron chi connectivity index (χ4n) is 1.70. The molecule has 1 amide bonds. The van der Waals surface area contributed by atoms with Gasteiger partial charge in [-0.05, 0) is 30.0 Å². The Morgan fingerprint density at radius 2 is 2.00 bits per heavy atom. The zero-order valence-corrected chi connectivity index (χ0v) is 13.5. The third-order valence-corrected chi connectivity index (χ3v) is 4.68. The molecule has 0 bridgehead atoms. The number of methoxy groups -OCH3 is 1. The number of thiophene rings is 1. The Kier molecular flexibility index (Phi) is 4.88. The van der Waals surface area contributed by atoms with Crippen molar-refractivity contribution in [3.05, 3.63) is 49.6 Å². The molecule has 110 valence electrons. The van der Waals surface area contributed by atoms with Crippen LogP contribution in [0.5, 0.6) is 0 Å². The normalized spacial score (nSPS) is 10.3. The van der Waals surface area contributed by atoms with Crippen LogP contribution in [0, 0.1) is 6.92 Å². The van der Waals surface area contributed by atoms with Crippen LogP contribution >= 0.6 is 34.5 Å². The van der Waals surface area contributed by atoms with Gasteiger partial charge >= 0.3 is 5.97 Å². The van der Waals surface area contributed by atoms with E-state index in [0.717, 1.165) is 5.56 Å². The Balaban J connectivity index is 2.34. The molecular formula is C14H11Cl2NO3S. The van der Waals surface area contributed by atoms with Crippen molar-refractivity contribution in [1.82, 2.24) is 0 Å². The van der Waals surface area contributed by atoms with Gasteiger partial charge in [0.2, 0.25) is 0 Å². The van der Waals surface area contributed by atoms with Crippen molar-refractivity contribution in [3.63, 3.8) is 0 Å². The van der Waals surface area contributed by atoms with Crippen LogP contribution < -0.4 is 5.32 Å². The fourth-order valence-corrected chi connectivity index (χ4v) is 3.01. The number of ether oxygens (including phenoxy) is 1. The lowest BCUT2D eigenvalue weighted by Gasteiger charge is -2.09. The largest absolute Gasteiger partial charge is 0.465 e. The van der Waals surface area contributed by atoms with E-state index < -0.39 is 11.9 Å². The quantitative estimate of drug-likeness (QED) is 0.840. The first-order chi connectivity index (χ1) is 9.95. The molecule has 2 rings (SSSR count). The number of carbonyl (C=O) groups excluding carboxylic acids is 2. The lowest BCUT2D eigenvalue weighted by atomic mass is 10.2.